The minimum Gasteiger partial charge on any atom is -0.386 e. The zero-order chi connectivity index (χ0) is 8.70. The minimum atomic E-state index is -0.591. The second-order valence-electron chi connectivity index (χ2n) is 4.43. The van der Waals surface area contributed by atoms with Crippen LogP contribution in [0.1, 0.15) is 40.5 Å². The van der Waals surface area contributed by atoms with Crippen molar-refractivity contribution in [2.24, 2.45) is 5.41 Å². The van der Waals surface area contributed by atoms with Crippen molar-refractivity contribution in [3.63, 3.8) is 0 Å². The van der Waals surface area contributed by atoms with E-state index in [1.165, 1.54) is 5.57 Å². The van der Waals surface area contributed by atoms with Crippen LogP contribution in [-0.2, 0) is 0 Å². The van der Waals surface area contributed by atoms with Gasteiger partial charge in [-0.05, 0) is 39.0 Å². The second kappa shape index (κ2) is 2.34. The predicted molar refractivity (Wildman–Crippen MR) is 47.4 cm³/mol. The molecule has 0 aromatic carbocycles. The Hall–Kier alpha value is -0.300. The largest absolute Gasteiger partial charge is 0.386 e. The third-order valence-electron chi connectivity index (χ3n) is 2.79. The number of hydrogen-bond acceptors (Lipinski definition) is 1. The molecule has 1 rings (SSSR count). The molecule has 1 heteroatoms. The third-order valence-corrected chi connectivity index (χ3v) is 2.79. The molecule has 1 atom stereocenters. The standard InChI is InChI=1S/C10H18O/c1-8(2)7-10(4,11)9(3)5-6-9/h7,11H,5-6H2,1-4H3. The predicted octanol–water partition coefficient (Wildman–Crippen LogP) is 2.50. The van der Waals surface area contributed by atoms with E-state index in [2.05, 4.69) is 6.92 Å². The normalized spacial score (nSPS) is 25.5. The topological polar surface area (TPSA) is 20.2 Å². The molecule has 0 aromatic rings. The van der Waals surface area contributed by atoms with Gasteiger partial charge in [-0.15, -0.1) is 0 Å². The average Bonchev–Trinajstić information content (AvgIpc) is 2.44. The first kappa shape index (κ1) is 8.79. The van der Waals surface area contributed by atoms with E-state index in [4.69, 9.17) is 0 Å². The fraction of sp³-hybridized carbons (Fsp3) is 0.800. The maximum Gasteiger partial charge on any atom is 0.0855 e. The first-order valence-corrected chi connectivity index (χ1v) is 4.26. The van der Waals surface area contributed by atoms with Crippen molar-refractivity contribution in [2.45, 2.75) is 46.1 Å². The summed E-state index contributed by atoms with van der Waals surface area (Å²) in [7, 11) is 0. The monoisotopic (exact) mass is 154 g/mol. The maximum atomic E-state index is 10.0. The lowest BCUT2D eigenvalue weighted by Crippen LogP contribution is -2.32. The molecule has 0 heterocycles. The molecule has 1 fully saturated rings. The summed E-state index contributed by atoms with van der Waals surface area (Å²) in [5.41, 5.74) is 0.763. The van der Waals surface area contributed by atoms with Gasteiger partial charge in [0.1, 0.15) is 0 Å². The number of hydrogen-bond donors (Lipinski definition) is 1. The molecule has 64 valence electrons. The molecule has 1 saturated carbocycles. The Kier molecular flexibility index (Phi) is 1.87. The quantitative estimate of drug-likeness (QED) is 0.606. The molecule has 1 unspecified atom stereocenters. The zero-order valence-corrected chi connectivity index (χ0v) is 7.94. The van der Waals surface area contributed by atoms with Gasteiger partial charge in [0.2, 0.25) is 0 Å². The first-order chi connectivity index (χ1) is 4.87. The van der Waals surface area contributed by atoms with Crippen LogP contribution in [0.5, 0.6) is 0 Å². The van der Waals surface area contributed by atoms with Crippen LogP contribution in [0.3, 0.4) is 0 Å². The van der Waals surface area contributed by atoms with Gasteiger partial charge in [0.25, 0.3) is 0 Å². The summed E-state index contributed by atoms with van der Waals surface area (Å²) in [6.07, 6.45) is 4.29. The SMILES string of the molecule is CC(C)=CC(C)(O)C1(C)CC1. The summed E-state index contributed by atoms with van der Waals surface area (Å²) in [6.45, 7) is 8.11. The van der Waals surface area contributed by atoms with E-state index in [9.17, 15) is 5.11 Å². The number of rotatable bonds is 2. The van der Waals surface area contributed by atoms with Crippen LogP contribution < -0.4 is 0 Å². The highest BCUT2D eigenvalue weighted by atomic mass is 16.3. The molecule has 0 spiro atoms. The highest BCUT2D eigenvalue weighted by Crippen LogP contribution is 2.54. The van der Waals surface area contributed by atoms with Gasteiger partial charge < -0.3 is 5.11 Å². The molecule has 0 saturated heterocycles. The van der Waals surface area contributed by atoms with E-state index in [0.29, 0.717) is 0 Å². The molecule has 0 aromatic heterocycles. The van der Waals surface area contributed by atoms with Crippen LogP contribution >= 0.6 is 0 Å². The highest BCUT2D eigenvalue weighted by Gasteiger charge is 2.50. The van der Waals surface area contributed by atoms with Crippen molar-refractivity contribution >= 4 is 0 Å². The van der Waals surface area contributed by atoms with Crippen LogP contribution in [0.4, 0.5) is 0 Å². The van der Waals surface area contributed by atoms with E-state index in [-0.39, 0.29) is 5.41 Å². The van der Waals surface area contributed by atoms with Gasteiger partial charge >= 0.3 is 0 Å². The van der Waals surface area contributed by atoms with Gasteiger partial charge in [0.05, 0.1) is 5.60 Å². The van der Waals surface area contributed by atoms with Crippen molar-refractivity contribution < 1.29 is 5.11 Å². The Morgan fingerprint density at radius 3 is 2.18 bits per heavy atom. The fourth-order valence-electron chi connectivity index (χ4n) is 1.43. The van der Waals surface area contributed by atoms with Gasteiger partial charge in [-0.25, -0.2) is 0 Å². The fourth-order valence-corrected chi connectivity index (χ4v) is 1.43. The number of allylic oxidation sites excluding steroid dienone is 1. The molecule has 0 bridgehead atoms. The smallest absolute Gasteiger partial charge is 0.0855 e. The highest BCUT2D eigenvalue weighted by molar-refractivity contribution is 5.16. The Labute approximate surface area is 69.1 Å². The van der Waals surface area contributed by atoms with Crippen LogP contribution in [-0.4, -0.2) is 10.7 Å². The molecular formula is C10H18O. The van der Waals surface area contributed by atoms with Crippen molar-refractivity contribution in [1.82, 2.24) is 0 Å². The van der Waals surface area contributed by atoms with E-state index < -0.39 is 5.60 Å². The molecule has 0 aliphatic heterocycles. The van der Waals surface area contributed by atoms with Crippen LogP contribution in [0.15, 0.2) is 11.6 Å². The van der Waals surface area contributed by atoms with Crippen molar-refractivity contribution in [3.05, 3.63) is 11.6 Å². The molecular weight excluding hydrogens is 136 g/mol. The average molecular weight is 154 g/mol. The lowest BCUT2D eigenvalue weighted by molar-refractivity contribution is 0.0397. The Morgan fingerprint density at radius 1 is 1.45 bits per heavy atom. The third kappa shape index (κ3) is 1.64. The summed E-state index contributed by atoms with van der Waals surface area (Å²) < 4.78 is 0. The van der Waals surface area contributed by atoms with E-state index in [1.54, 1.807) is 0 Å². The molecule has 1 nitrogen and oxygen atoms in total. The Balaban J connectivity index is 2.74. The molecule has 0 amide bonds. The minimum absolute atomic E-state index is 0.157. The van der Waals surface area contributed by atoms with Crippen LogP contribution in [0.25, 0.3) is 0 Å². The lowest BCUT2D eigenvalue weighted by atomic mass is 9.86. The van der Waals surface area contributed by atoms with Crippen LogP contribution in [0.2, 0.25) is 0 Å². The summed E-state index contributed by atoms with van der Waals surface area (Å²) in [5, 5.41) is 10.0. The molecule has 0 radical (unpaired) electrons. The van der Waals surface area contributed by atoms with Gasteiger partial charge in [-0.2, -0.15) is 0 Å². The Bertz CT molecular complexity index is 181. The van der Waals surface area contributed by atoms with Crippen molar-refractivity contribution in [2.75, 3.05) is 0 Å². The first-order valence-electron chi connectivity index (χ1n) is 4.26. The summed E-state index contributed by atoms with van der Waals surface area (Å²) in [6, 6.07) is 0. The lowest BCUT2D eigenvalue weighted by Gasteiger charge is -2.27. The molecule has 1 aliphatic rings. The second-order valence-corrected chi connectivity index (χ2v) is 4.43. The van der Waals surface area contributed by atoms with Crippen molar-refractivity contribution in [1.29, 1.82) is 0 Å². The molecule has 11 heavy (non-hydrogen) atoms. The van der Waals surface area contributed by atoms with E-state index in [0.717, 1.165) is 12.8 Å². The number of aliphatic hydroxyl groups is 1. The summed E-state index contributed by atoms with van der Waals surface area (Å²) >= 11 is 0. The Morgan fingerprint density at radius 2 is 1.91 bits per heavy atom. The molecule has 1 aliphatic carbocycles. The van der Waals surface area contributed by atoms with Gasteiger partial charge in [-0.1, -0.05) is 18.6 Å². The van der Waals surface area contributed by atoms with Gasteiger partial charge in [-0.3, -0.25) is 0 Å². The van der Waals surface area contributed by atoms with E-state index in [1.807, 2.05) is 26.8 Å². The molecule has 1 N–H and O–H groups in total. The zero-order valence-electron chi connectivity index (χ0n) is 7.94. The summed E-state index contributed by atoms with van der Waals surface area (Å²) in [5.74, 6) is 0. The van der Waals surface area contributed by atoms with Gasteiger partial charge in [0.15, 0.2) is 0 Å². The van der Waals surface area contributed by atoms with E-state index >= 15 is 0 Å². The maximum absolute atomic E-state index is 10.0. The van der Waals surface area contributed by atoms with Gasteiger partial charge in [0, 0.05) is 0 Å². The van der Waals surface area contributed by atoms with Crippen LogP contribution in [0, 0.1) is 5.41 Å². The van der Waals surface area contributed by atoms with Crippen molar-refractivity contribution in [3.8, 4) is 0 Å². The summed E-state index contributed by atoms with van der Waals surface area (Å²) in [4.78, 5) is 0.